The van der Waals surface area contributed by atoms with Crippen LogP contribution in [0.3, 0.4) is 0 Å². The van der Waals surface area contributed by atoms with Crippen LogP contribution in [0.4, 0.5) is 4.39 Å². The minimum atomic E-state index is -3.76. The summed E-state index contributed by atoms with van der Waals surface area (Å²) in [6.45, 7) is -0.0528. The van der Waals surface area contributed by atoms with Gasteiger partial charge in [0, 0.05) is 18.9 Å². The van der Waals surface area contributed by atoms with Gasteiger partial charge in [-0.25, -0.2) is 22.7 Å². The van der Waals surface area contributed by atoms with Crippen LogP contribution < -0.4 is 5.14 Å². The molecule has 0 radical (unpaired) electrons. The van der Waals surface area contributed by atoms with Gasteiger partial charge in [-0.3, -0.25) is 4.79 Å². The maximum Gasteiger partial charge on any atom is 0.331 e. The lowest BCUT2D eigenvalue weighted by molar-refractivity contribution is -0.148. The average molecular weight is 330 g/mol. The zero-order valence-corrected chi connectivity index (χ0v) is 12.3. The van der Waals surface area contributed by atoms with Crippen LogP contribution in [0.2, 0.25) is 0 Å². The van der Waals surface area contributed by atoms with Crippen LogP contribution in [0.15, 0.2) is 24.3 Å². The van der Waals surface area contributed by atoms with Crippen molar-refractivity contribution in [2.75, 3.05) is 12.3 Å². The highest BCUT2D eigenvalue weighted by Crippen LogP contribution is 2.29. The Hall–Kier alpha value is -2.00. The molecule has 22 heavy (non-hydrogen) atoms. The standard InChI is InChI=1S/C13H15FN2O5S/c14-10-3-1-2-9(5-10)12(13(18)19)16-6-8(4-11(16)17)7-22(15,20)21/h1-3,5,8,12H,4,6-7H2,(H,18,19)(H2,15,20,21). The lowest BCUT2D eigenvalue weighted by Crippen LogP contribution is -2.36. The summed E-state index contributed by atoms with van der Waals surface area (Å²) in [5, 5.41) is 14.3. The predicted molar refractivity (Wildman–Crippen MR) is 74.6 cm³/mol. The van der Waals surface area contributed by atoms with Gasteiger partial charge in [-0.2, -0.15) is 0 Å². The highest BCUT2D eigenvalue weighted by Gasteiger charge is 2.39. The number of aliphatic carboxylic acids is 1. The van der Waals surface area contributed by atoms with Gasteiger partial charge in [0.1, 0.15) is 5.82 Å². The quantitative estimate of drug-likeness (QED) is 0.793. The number of likely N-dealkylation sites (tertiary alicyclic amines) is 1. The fraction of sp³-hybridized carbons (Fsp3) is 0.385. The Morgan fingerprint density at radius 2 is 2.18 bits per heavy atom. The molecule has 9 heteroatoms. The van der Waals surface area contributed by atoms with Crippen LogP contribution in [0.5, 0.6) is 0 Å². The Kier molecular flexibility index (Phi) is 4.47. The van der Waals surface area contributed by atoms with Gasteiger partial charge in [-0.05, 0) is 17.7 Å². The molecule has 1 aliphatic rings. The predicted octanol–water partition coefficient (Wildman–Crippen LogP) is 0.0884. The summed E-state index contributed by atoms with van der Waals surface area (Å²) < 4.78 is 35.5. The topological polar surface area (TPSA) is 118 Å². The van der Waals surface area contributed by atoms with Gasteiger partial charge in [0.05, 0.1) is 5.75 Å². The minimum Gasteiger partial charge on any atom is -0.479 e. The summed E-state index contributed by atoms with van der Waals surface area (Å²) in [4.78, 5) is 24.5. The number of rotatable bonds is 5. The van der Waals surface area contributed by atoms with Crippen molar-refractivity contribution in [3.05, 3.63) is 35.6 Å². The average Bonchev–Trinajstić information content (AvgIpc) is 2.67. The molecule has 2 rings (SSSR count). The fourth-order valence-electron chi connectivity index (χ4n) is 2.63. The number of carbonyl (C=O) groups is 2. The van der Waals surface area contributed by atoms with E-state index in [0.717, 1.165) is 17.0 Å². The number of primary sulfonamides is 1. The third-order valence-corrected chi connectivity index (χ3v) is 4.35. The minimum absolute atomic E-state index is 0.0528. The zero-order chi connectivity index (χ0) is 16.5. The Morgan fingerprint density at radius 3 is 2.73 bits per heavy atom. The SMILES string of the molecule is NS(=O)(=O)CC1CC(=O)N(C(C(=O)O)c2cccc(F)c2)C1. The number of nitrogens with zero attached hydrogens (tertiary/aromatic N) is 1. The van der Waals surface area contributed by atoms with Crippen LogP contribution in [0.1, 0.15) is 18.0 Å². The normalized spacial score (nSPS) is 20.2. The first-order chi connectivity index (χ1) is 10.2. The van der Waals surface area contributed by atoms with Gasteiger partial charge < -0.3 is 10.0 Å². The number of carboxylic acids is 1. The fourth-order valence-corrected chi connectivity index (χ4v) is 3.51. The van der Waals surface area contributed by atoms with E-state index in [-0.39, 0.29) is 18.5 Å². The Bertz CT molecular complexity index is 706. The third-order valence-electron chi connectivity index (χ3n) is 3.42. The first-order valence-electron chi connectivity index (χ1n) is 6.45. The zero-order valence-electron chi connectivity index (χ0n) is 11.5. The molecule has 0 bridgehead atoms. The summed E-state index contributed by atoms with van der Waals surface area (Å²) in [5.74, 6) is -3.39. The van der Waals surface area contributed by atoms with Crippen molar-refractivity contribution >= 4 is 21.9 Å². The van der Waals surface area contributed by atoms with E-state index < -0.39 is 45.4 Å². The molecule has 1 aromatic carbocycles. The van der Waals surface area contributed by atoms with Crippen molar-refractivity contribution in [1.82, 2.24) is 4.90 Å². The second-order valence-electron chi connectivity index (χ2n) is 5.24. The Morgan fingerprint density at radius 1 is 1.50 bits per heavy atom. The van der Waals surface area contributed by atoms with Crippen LogP contribution in [-0.4, -0.2) is 42.6 Å². The van der Waals surface area contributed by atoms with Crippen molar-refractivity contribution in [2.24, 2.45) is 11.1 Å². The van der Waals surface area contributed by atoms with Crippen molar-refractivity contribution in [2.45, 2.75) is 12.5 Å². The number of amides is 1. The summed E-state index contributed by atoms with van der Waals surface area (Å²) in [5.41, 5.74) is 0.122. The van der Waals surface area contributed by atoms with E-state index in [1.807, 2.05) is 0 Å². The van der Waals surface area contributed by atoms with E-state index in [9.17, 15) is 27.5 Å². The number of carboxylic acid groups (broad SMARTS) is 1. The van der Waals surface area contributed by atoms with Gasteiger partial charge in [-0.15, -0.1) is 0 Å². The maximum atomic E-state index is 13.3. The monoisotopic (exact) mass is 330 g/mol. The molecule has 120 valence electrons. The lowest BCUT2D eigenvalue weighted by atomic mass is 10.1. The van der Waals surface area contributed by atoms with Crippen LogP contribution in [0.25, 0.3) is 0 Å². The molecule has 3 N–H and O–H groups in total. The first-order valence-corrected chi connectivity index (χ1v) is 8.17. The highest BCUT2D eigenvalue weighted by atomic mass is 32.2. The summed E-state index contributed by atoms with van der Waals surface area (Å²) in [6, 6.07) is 3.61. The van der Waals surface area contributed by atoms with Crippen LogP contribution in [-0.2, 0) is 19.6 Å². The van der Waals surface area contributed by atoms with Gasteiger partial charge in [0.15, 0.2) is 6.04 Å². The largest absolute Gasteiger partial charge is 0.479 e. The van der Waals surface area contributed by atoms with E-state index >= 15 is 0 Å². The van der Waals surface area contributed by atoms with Crippen LogP contribution >= 0.6 is 0 Å². The molecule has 0 saturated carbocycles. The molecule has 1 aromatic rings. The molecule has 0 spiro atoms. The molecule has 1 amide bonds. The van der Waals surface area contributed by atoms with Crippen molar-refractivity contribution in [1.29, 1.82) is 0 Å². The number of halogens is 1. The molecule has 0 aliphatic carbocycles. The molecular weight excluding hydrogens is 315 g/mol. The van der Waals surface area contributed by atoms with Gasteiger partial charge in [-0.1, -0.05) is 12.1 Å². The maximum absolute atomic E-state index is 13.3. The molecular formula is C13H15FN2O5S. The Balaban J connectivity index is 2.27. The molecule has 1 aliphatic heterocycles. The molecule has 2 atom stereocenters. The van der Waals surface area contributed by atoms with E-state index in [0.29, 0.717) is 0 Å². The number of nitrogens with two attached hydrogens (primary N) is 1. The lowest BCUT2D eigenvalue weighted by Gasteiger charge is -2.25. The number of hydrogen-bond donors (Lipinski definition) is 2. The van der Waals surface area contributed by atoms with Crippen molar-refractivity contribution in [3.8, 4) is 0 Å². The number of hydrogen-bond acceptors (Lipinski definition) is 4. The number of carbonyl (C=O) groups excluding carboxylic acids is 1. The van der Waals surface area contributed by atoms with Gasteiger partial charge >= 0.3 is 5.97 Å². The molecule has 7 nitrogen and oxygen atoms in total. The van der Waals surface area contributed by atoms with E-state index in [2.05, 4.69) is 0 Å². The van der Waals surface area contributed by atoms with Crippen molar-refractivity contribution in [3.63, 3.8) is 0 Å². The van der Waals surface area contributed by atoms with Gasteiger partial charge in [0.25, 0.3) is 0 Å². The second kappa shape index (κ2) is 6.01. The van der Waals surface area contributed by atoms with Gasteiger partial charge in [0.2, 0.25) is 15.9 Å². The number of sulfonamides is 1. The Labute approximate surface area is 126 Å². The molecule has 1 fully saturated rings. The summed E-state index contributed by atoms with van der Waals surface area (Å²) >= 11 is 0. The molecule has 1 saturated heterocycles. The first kappa shape index (κ1) is 16.4. The molecule has 1 heterocycles. The van der Waals surface area contributed by atoms with E-state index in [1.54, 1.807) is 0 Å². The van der Waals surface area contributed by atoms with Crippen LogP contribution in [0, 0.1) is 11.7 Å². The number of benzene rings is 1. The van der Waals surface area contributed by atoms with Crippen molar-refractivity contribution < 1.29 is 27.5 Å². The molecule has 2 unspecified atom stereocenters. The van der Waals surface area contributed by atoms with E-state index in [1.165, 1.54) is 12.1 Å². The smallest absolute Gasteiger partial charge is 0.331 e. The van der Waals surface area contributed by atoms with E-state index in [4.69, 9.17) is 5.14 Å². The summed E-state index contributed by atoms with van der Waals surface area (Å²) in [6.07, 6.45) is -0.102. The second-order valence-corrected chi connectivity index (χ2v) is 6.90. The third kappa shape index (κ3) is 3.80. The highest BCUT2D eigenvalue weighted by molar-refractivity contribution is 7.89. The summed E-state index contributed by atoms with van der Waals surface area (Å²) in [7, 11) is -3.76. The molecule has 0 aromatic heterocycles.